The third kappa shape index (κ3) is 3.07. The van der Waals surface area contributed by atoms with Crippen LogP contribution in [0.25, 0.3) is 0 Å². The first-order valence-electron chi connectivity index (χ1n) is 4.30. The number of rotatable bonds is 3. The van der Waals surface area contributed by atoms with Crippen LogP contribution in [0.15, 0.2) is 16.6 Å². The molecule has 0 fully saturated rings. The lowest BCUT2D eigenvalue weighted by Gasteiger charge is -2.11. The smallest absolute Gasteiger partial charge is 0.341 e. The van der Waals surface area contributed by atoms with Gasteiger partial charge in [-0.2, -0.15) is 0 Å². The van der Waals surface area contributed by atoms with Gasteiger partial charge in [0.2, 0.25) is 0 Å². The van der Waals surface area contributed by atoms with Gasteiger partial charge in [-0.3, -0.25) is 0 Å². The molecule has 1 rings (SSSR count). The van der Waals surface area contributed by atoms with Crippen molar-refractivity contribution in [2.24, 2.45) is 0 Å². The van der Waals surface area contributed by atoms with E-state index in [9.17, 15) is 4.79 Å². The van der Waals surface area contributed by atoms with Crippen molar-refractivity contribution in [2.45, 2.75) is 6.92 Å². The molecule has 3 nitrogen and oxygen atoms in total. The molecule has 0 aliphatic carbocycles. The number of carbonyl (C=O) groups is 1. The summed E-state index contributed by atoms with van der Waals surface area (Å²) in [6.45, 7) is 2.37. The minimum absolute atomic E-state index is 0.391. The molecule has 0 spiro atoms. The summed E-state index contributed by atoms with van der Waals surface area (Å²) in [7, 11) is 1.35. The van der Waals surface area contributed by atoms with Gasteiger partial charge in [0.15, 0.2) is 0 Å². The normalized spacial score (nSPS) is 9.87. The molecule has 5 heteroatoms. The molecule has 15 heavy (non-hydrogen) atoms. The Morgan fingerprint density at radius 2 is 2.20 bits per heavy atom. The number of hydrogen-bond donors (Lipinski definition) is 0. The second-order valence-electron chi connectivity index (χ2n) is 2.69. The molecule has 82 valence electrons. The van der Waals surface area contributed by atoms with Gasteiger partial charge in [-0.25, -0.2) is 4.79 Å². The lowest BCUT2D eigenvalue weighted by Crippen LogP contribution is -2.06. The standard InChI is InChI=1S/C10H10BrIO3/c1-3-15-9-7(10(13)14-2)4-6(12)5-8(9)11/h4-5H,3H2,1-2H3. The maximum atomic E-state index is 11.5. The van der Waals surface area contributed by atoms with E-state index in [2.05, 4.69) is 38.5 Å². The Labute approximate surface area is 110 Å². The van der Waals surface area contributed by atoms with Crippen molar-refractivity contribution in [3.8, 4) is 5.75 Å². The van der Waals surface area contributed by atoms with Gasteiger partial charge in [0.25, 0.3) is 0 Å². The summed E-state index contributed by atoms with van der Waals surface area (Å²) in [5.74, 6) is 0.141. The molecule has 0 heterocycles. The second-order valence-corrected chi connectivity index (χ2v) is 4.79. The molecule has 0 aliphatic heterocycles. The summed E-state index contributed by atoms with van der Waals surface area (Å²) < 4.78 is 11.8. The average molecular weight is 385 g/mol. The predicted octanol–water partition coefficient (Wildman–Crippen LogP) is 3.24. The fourth-order valence-electron chi connectivity index (χ4n) is 1.11. The van der Waals surface area contributed by atoms with E-state index in [1.807, 2.05) is 13.0 Å². The summed E-state index contributed by atoms with van der Waals surface area (Å²) in [5.41, 5.74) is 0.443. The fraction of sp³-hybridized carbons (Fsp3) is 0.300. The average Bonchev–Trinajstić information content (AvgIpc) is 2.20. The monoisotopic (exact) mass is 384 g/mol. The molecule has 0 unspecified atom stereocenters. The van der Waals surface area contributed by atoms with E-state index in [1.165, 1.54) is 7.11 Å². The zero-order chi connectivity index (χ0) is 11.4. The number of ether oxygens (including phenoxy) is 2. The van der Waals surface area contributed by atoms with Gasteiger partial charge in [0, 0.05) is 3.57 Å². The zero-order valence-electron chi connectivity index (χ0n) is 8.34. The van der Waals surface area contributed by atoms with Crippen LogP contribution in [0, 0.1) is 3.57 Å². The summed E-state index contributed by atoms with van der Waals surface area (Å²) in [4.78, 5) is 11.5. The lowest BCUT2D eigenvalue weighted by atomic mass is 10.2. The molecular weight excluding hydrogens is 375 g/mol. The predicted molar refractivity (Wildman–Crippen MR) is 69.4 cm³/mol. The highest BCUT2D eigenvalue weighted by Gasteiger charge is 2.16. The Balaban J connectivity index is 3.26. The second kappa shape index (κ2) is 5.69. The Bertz CT molecular complexity index is 379. The number of esters is 1. The van der Waals surface area contributed by atoms with Crippen molar-refractivity contribution in [1.29, 1.82) is 0 Å². The van der Waals surface area contributed by atoms with Crippen molar-refractivity contribution >= 4 is 44.5 Å². The van der Waals surface area contributed by atoms with Crippen LogP contribution in [0.4, 0.5) is 0 Å². The van der Waals surface area contributed by atoms with Crippen LogP contribution >= 0.6 is 38.5 Å². The van der Waals surface area contributed by atoms with Crippen LogP contribution in [-0.4, -0.2) is 19.7 Å². The van der Waals surface area contributed by atoms with Gasteiger partial charge < -0.3 is 9.47 Å². The Morgan fingerprint density at radius 1 is 1.53 bits per heavy atom. The summed E-state index contributed by atoms with van der Waals surface area (Å²) in [5, 5.41) is 0. The molecular formula is C10H10BrIO3. The molecule has 0 amide bonds. The van der Waals surface area contributed by atoms with Crippen molar-refractivity contribution in [3.05, 3.63) is 25.7 Å². The Kier molecular flexibility index (Phi) is 4.85. The van der Waals surface area contributed by atoms with Crippen LogP contribution in [-0.2, 0) is 4.74 Å². The zero-order valence-corrected chi connectivity index (χ0v) is 12.1. The highest BCUT2D eigenvalue weighted by atomic mass is 127. The first-order chi connectivity index (χ1) is 7.10. The molecule has 0 N–H and O–H groups in total. The number of halogens is 2. The van der Waals surface area contributed by atoms with E-state index >= 15 is 0 Å². The fourth-order valence-corrected chi connectivity index (χ4v) is 2.74. The van der Waals surface area contributed by atoms with Gasteiger partial charge in [-0.05, 0) is 57.6 Å². The molecule has 0 aliphatic rings. The number of methoxy groups -OCH3 is 1. The number of hydrogen-bond acceptors (Lipinski definition) is 3. The molecule has 0 bridgehead atoms. The van der Waals surface area contributed by atoms with E-state index < -0.39 is 5.97 Å². The summed E-state index contributed by atoms with van der Waals surface area (Å²) >= 11 is 5.49. The molecule has 0 aromatic heterocycles. The molecule has 0 radical (unpaired) electrons. The van der Waals surface area contributed by atoms with Gasteiger partial charge in [-0.15, -0.1) is 0 Å². The highest BCUT2D eigenvalue weighted by molar-refractivity contribution is 14.1. The van der Waals surface area contributed by atoms with Crippen molar-refractivity contribution in [1.82, 2.24) is 0 Å². The van der Waals surface area contributed by atoms with Gasteiger partial charge in [0.1, 0.15) is 11.3 Å². The number of carbonyl (C=O) groups excluding carboxylic acids is 1. The van der Waals surface area contributed by atoms with Crippen LogP contribution in [0.1, 0.15) is 17.3 Å². The SMILES string of the molecule is CCOc1c(Br)cc(I)cc1C(=O)OC. The molecule has 1 aromatic carbocycles. The Morgan fingerprint density at radius 3 is 2.73 bits per heavy atom. The topological polar surface area (TPSA) is 35.5 Å². The Hall–Kier alpha value is -0.300. The molecule has 0 atom stereocenters. The van der Waals surface area contributed by atoms with Crippen molar-refractivity contribution < 1.29 is 14.3 Å². The van der Waals surface area contributed by atoms with Gasteiger partial charge in [-0.1, -0.05) is 0 Å². The van der Waals surface area contributed by atoms with E-state index in [-0.39, 0.29) is 0 Å². The highest BCUT2D eigenvalue weighted by Crippen LogP contribution is 2.31. The first kappa shape index (κ1) is 12.8. The van der Waals surface area contributed by atoms with E-state index in [0.29, 0.717) is 17.9 Å². The summed E-state index contributed by atoms with van der Waals surface area (Å²) in [6, 6.07) is 3.63. The van der Waals surface area contributed by atoms with Crippen molar-refractivity contribution in [2.75, 3.05) is 13.7 Å². The van der Waals surface area contributed by atoms with Crippen molar-refractivity contribution in [3.63, 3.8) is 0 Å². The largest absolute Gasteiger partial charge is 0.492 e. The summed E-state index contributed by atoms with van der Waals surface area (Å²) in [6.07, 6.45) is 0. The van der Waals surface area contributed by atoms with Crippen LogP contribution in [0.5, 0.6) is 5.75 Å². The maximum Gasteiger partial charge on any atom is 0.341 e. The quantitative estimate of drug-likeness (QED) is 0.592. The first-order valence-corrected chi connectivity index (χ1v) is 6.17. The molecule has 1 aromatic rings. The van der Waals surface area contributed by atoms with Crippen LogP contribution < -0.4 is 4.74 Å². The van der Waals surface area contributed by atoms with Crippen LogP contribution in [0.2, 0.25) is 0 Å². The van der Waals surface area contributed by atoms with Crippen LogP contribution in [0.3, 0.4) is 0 Å². The molecule has 0 saturated carbocycles. The minimum atomic E-state index is -0.391. The maximum absolute atomic E-state index is 11.5. The van der Waals surface area contributed by atoms with Gasteiger partial charge >= 0.3 is 5.97 Å². The van der Waals surface area contributed by atoms with Gasteiger partial charge in [0.05, 0.1) is 18.2 Å². The third-order valence-corrected chi connectivity index (χ3v) is 2.91. The third-order valence-electron chi connectivity index (χ3n) is 1.70. The van der Waals surface area contributed by atoms with E-state index in [4.69, 9.17) is 9.47 Å². The minimum Gasteiger partial charge on any atom is -0.492 e. The molecule has 0 saturated heterocycles. The number of benzene rings is 1. The van der Waals surface area contributed by atoms with E-state index in [1.54, 1.807) is 6.07 Å². The lowest BCUT2D eigenvalue weighted by molar-refractivity contribution is 0.0596. The van der Waals surface area contributed by atoms with E-state index in [0.717, 1.165) is 8.04 Å².